The van der Waals surface area contributed by atoms with E-state index in [9.17, 15) is 4.79 Å². The highest BCUT2D eigenvalue weighted by Crippen LogP contribution is 2.14. The molecule has 1 aliphatic heterocycles. The first-order valence-electron chi connectivity index (χ1n) is 7.15. The first kappa shape index (κ1) is 16.9. The maximum atomic E-state index is 12.4. The van der Waals surface area contributed by atoms with Crippen molar-refractivity contribution in [3.05, 3.63) is 12.4 Å². The molecule has 1 amide bonds. The van der Waals surface area contributed by atoms with E-state index in [1.54, 1.807) is 17.1 Å². The second-order valence-electron chi connectivity index (χ2n) is 4.98. The normalized spacial score (nSPS) is 15.7. The molecule has 114 valence electrons. The quantitative estimate of drug-likeness (QED) is 0.854. The first-order chi connectivity index (χ1) is 9.31. The van der Waals surface area contributed by atoms with Gasteiger partial charge in [-0.25, -0.2) is 0 Å². The molecule has 7 heteroatoms. The molecule has 6 nitrogen and oxygen atoms in total. The lowest BCUT2D eigenvalue weighted by molar-refractivity contribution is -0.134. The second-order valence-corrected chi connectivity index (χ2v) is 4.98. The largest absolute Gasteiger partial charge is 0.340 e. The van der Waals surface area contributed by atoms with Crippen molar-refractivity contribution in [1.82, 2.24) is 25.2 Å². The van der Waals surface area contributed by atoms with Gasteiger partial charge in [-0.1, -0.05) is 12.1 Å². The molecule has 0 bridgehead atoms. The number of hydrogen-bond donors (Lipinski definition) is 1. The van der Waals surface area contributed by atoms with E-state index in [0.717, 1.165) is 38.9 Å². The zero-order valence-electron chi connectivity index (χ0n) is 12.0. The number of nitrogens with one attached hydrogen (secondary N) is 1. The number of nitrogens with zero attached hydrogens (tertiary/aromatic N) is 4. The predicted octanol–water partition coefficient (Wildman–Crippen LogP) is 1.08. The average Bonchev–Trinajstić information content (AvgIpc) is 2.96. The van der Waals surface area contributed by atoms with E-state index in [0.29, 0.717) is 19.0 Å². The van der Waals surface area contributed by atoms with E-state index >= 15 is 0 Å². The molecule has 0 unspecified atom stereocenters. The van der Waals surface area contributed by atoms with Gasteiger partial charge < -0.3 is 10.2 Å². The number of aryl methyl sites for hydroxylation is 1. The van der Waals surface area contributed by atoms with Gasteiger partial charge in [-0.15, -0.1) is 17.5 Å². The number of carbonyl (C=O) groups is 1. The predicted molar refractivity (Wildman–Crippen MR) is 79.8 cm³/mol. The molecule has 20 heavy (non-hydrogen) atoms. The SMILES string of the molecule is CCCN(C(=O)CCn1ccnn1)C1CCNCC1.Cl. The molecular formula is C13H24ClN5O. The van der Waals surface area contributed by atoms with Crippen molar-refractivity contribution in [2.45, 2.75) is 45.2 Å². The number of aromatic nitrogens is 3. The Morgan fingerprint density at radius 2 is 2.20 bits per heavy atom. The third kappa shape index (κ3) is 4.76. The monoisotopic (exact) mass is 301 g/mol. The minimum absolute atomic E-state index is 0. The number of halogens is 1. The molecule has 1 aromatic rings. The van der Waals surface area contributed by atoms with Gasteiger partial charge in [-0.2, -0.15) is 0 Å². The Bertz CT molecular complexity index is 378. The van der Waals surface area contributed by atoms with Crippen LogP contribution in [0.3, 0.4) is 0 Å². The van der Waals surface area contributed by atoms with Crippen molar-refractivity contribution in [1.29, 1.82) is 0 Å². The summed E-state index contributed by atoms with van der Waals surface area (Å²) in [5, 5.41) is 11.0. The molecule has 1 aliphatic rings. The van der Waals surface area contributed by atoms with Gasteiger partial charge >= 0.3 is 0 Å². The van der Waals surface area contributed by atoms with Crippen LogP contribution in [0.2, 0.25) is 0 Å². The van der Waals surface area contributed by atoms with Gasteiger partial charge in [0.25, 0.3) is 0 Å². The van der Waals surface area contributed by atoms with E-state index in [1.807, 2.05) is 0 Å². The first-order valence-corrected chi connectivity index (χ1v) is 7.15. The Morgan fingerprint density at radius 1 is 1.45 bits per heavy atom. The summed E-state index contributed by atoms with van der Waals surface area (Å²) in [5.74, 6) is 0.240. The lowest BCUT2D eigenvalue weighted by Crippen LogP contribution is -2.46. The van der Waals surface area contributed by atoms with E-state index in [1.165, 1.54) is 0 Å². The Balaban J connectivity index is 0.00000200. The Hall–Kier alpha value is -1.14. The molecule has 1 N–H and O–H groups in total. The van der Waals surface area contributed by atoms with Gasteiger partial charge in [-0.05, 0) is 32.4 Å². The summed E-state index contributed by atoms with van der Waals surface area (Å²) in [7, 11) is 0. The van der Waals surface area contributed by atoms with Crippen molar-refractivity contribution in [2.75, 3.05) is 19.6 Å². The summed E-state index contributed by atoms with van der Waals surface area (Å²) < 4.78 is 1.71. The molecule has 0 radical (unpaired) electrons. The lowest BCUT2D eigenvalue weighted by Gasteiger charge is -2.34. The van der Waals surface area contributed by atoms with Crippen LogP contribution >= 0.6 is 12.4 Å². The highest BCUT2D eigenvalue weighted by atomic mass is 35.5. The van der Waals surface area contributed by atoms with Gasteiger partial charge in [-0.3, -0.25) is 9.48 Å². The zero-order chi connectivity index (χ0) is 13.5. The standard InChI is InChI=1S/C13H23N5O.ClH/c1-2-9-18(12-3-6-14-7-4-12)13(19)5-10-17-11-8-15-16-17;/h8,11-12,14H,2-7,9-10H2,1H3;1H. The third-order valence-electron chi connectivity index (χ3n) is 3.56. The molecule has 0 aromatic carbocycles. The maximum Gasteiger partial charge on any atom is 0.224 e. The van der Waals surface area contributed by atoms with Crippen LogP contribution in [0.4, 0.5) is 0 Å². The van der Waals surface area contributed by atoms with E-state index in [2.05, 4.69) is 27.5 Å². The van der Waals surface area contributed by atoms with Crippen molar-refractivity contribution < 1.29 is 4.79 Å². The van der Waals surface area contributed by atoms with Crippen LogP contribution < -0.4 is 5.32 Å². The highest BCUT2D eigenvalue weighted by Gasteiger charge is 2.24. The summed E-state index contributed by atoms with van der Waals surface area (Å²) >= 11 is 0. The molecule has 0 atom stereocenters. The average molecular weight is 302 g/mol. The summed E-state index contributed by atoms with van der Waals surface area (Å²) in [6, 6.07) is 0.407. The fourth-order valence-corrected chi connectivity index (χ4v) is 2.58. The van der Waals surface area contributed by atoms with Gasteiger partial charge in [0, 0.05) is 25.2 Å². The number of piperidine rings is 1. The summed E-state index contributed by atoms with van der Waals surface area (Å²) in [6.45, 7) is 5.63. The molecule has 2 rings (SSSR count). The van der Waals surface area contributed by atoms with Crippen LogP contribution in [0, 0.1) is 0 Å². The van der Waals surface area contributed by atoms with Gasteiger partial charge in [0.15, 0.2) is 0 Å². The van der Waals surface area contributed by atoms with Gasteiger partial charge in [0.1, 0.15) is 0 Å². The smallest absolute Gasteiger partial charge is 0.224 e. The molecule has 2 heterocycles. The molecule has 1 aromatic heterocycles. The molecular weight excluding hydrogens is 278 g/mol. The van der Waals surface area contributed by atoms with Crippen molar-refractivity contribution >= 4 is 18.3 Å². The van der Waals surface area contributed by atoms with E-state index in [-0.39, 0.29) is 18.3 Å². The second kappa shape index (κ2) is 8.92. The van der Waals surface area contributed by atoms with Crippen LogP contribution in [-0.4, -0.2) is 51.5 Å². The van der Waals surface area contributed by atoms with Crippen LogP contribution in [0.15, 0.2) is 12.4 Å². The third-order valence-corrected chi connectivity index (χ3v) is 3.56. The Morgan fingerprint density at radius 3 is 2.80 bits per heavy atom. The zero-order valence-corrected chi connectivity index (χ0v) is 12.8. The summed E-state index contributed by atoms with van der Waals surface area (Å²) in [5.41, 5.74) is 0. The summed E-state index contributed by atoms with van der Waals surface area (Å²) in [4.78, 5) is 14.4. The lowest BCUT2D eigenvalue weighted by atomic mass is 10.0. The highest BCUT2D eigenvalue weighted by molar-refractivity contribution is 5.85. The van der Waals surface area contributed by atoms with Crippen LogP contribution in [0.25, 0.3) is 0 Å². The van der Waals surface area contributed by atoms with E-state index in [4.69, 9.17) is 0 Å². The molecule has 1 fully saturated rings. The Labute approximate surface area is 126 Å². The molecule has 1 saturated heterocycles. The maximum absolute atomic E-state index is 12.4. The van der Waals surface area contributed by atoms with E-state index < -0.39 is 0 Å². The molecule has 0 spiro atoms. The minimum atomic E-state index is 0. The van der Waals surface area contributed by atoms with Crippen molar-refractivity contribution in [3.63, 3.8) is 0 Å². The number of amides is 1. The fraction of sp³-hybridized carbons (Fsp3) is 0.769. The van der Waals surface area contributed by atoms with Crippen molar-refractivity contribution in [3.8, 4) is 0 Å². The molecule has 0 aliphatic carbocycles. The van der Waals surface area contributed by atoms with Gasteiger partial charge in [0.2, 0.25) is 5.91 Å². The van der Waals surface area contributed by atoms with Crippen molar-refractivity contribution in [2.24, 2.45) is 0 Å². The number of rotatable bonds is 6. The van der Waals surface area contributed by atoms with Crippen LogP contribution in [-0.2, 0) is 11.3 Å². The number of hydrogen-bond acceptors (Lipinski definition) is 4. The van der Waals surface area contributed by atoms with Crippen LogP contribution in [0.1, 0.15) is 32.6 Å². The Kier molecular flexibility index (Phi) is 7.54. The number of carbonyl (C=O) groups excluding carboxylic acids is 1. The summed E-state index contributed by atoms with van der Waals surface area (Å²) in [6.07, 6.45) is 7.08. The fourth-order valence-electron chi connectivity index (χ4n) is 2.58. The topological polar surface area (TPSA) is 63.1 Å². The minimum Gasteiger partial charge on any atom is -0.340 e. The van der Waals surface area contributed by atoms with Crippen LogP contribution in [0.5, 0.6) is 0 Å². The molecule has 0 saturated carbocycles. The van der Waals surface area contributed by atoms with Gasteiger partial charge in [0.05, 0.1) is 12.7 Å².